The fraction of sp³-hybridized carbons (Fsp3) is 0.700. The van der Waals surface area contributed by atoms with Crippen LogP contribution in [0, 0.1) is 0 Å². The molecule has 1 heterocycles. The number of hydrogen-bond acceptors (Lipinski definition) is 3. The molecule has 1 aromatic rings. The van der Waals surface area contributed by atoms with Crippen LogP contribution in [0.5, 0.6) is 0 Å². The molecule has 1 saturated carbocycles. The number of hydrogen-bond donors (Lipinski definition) is 1. The normalized spacial score (nSPS) is 16.5. The summed E-state index contributed by atoms with van der Waals surface area (Å²) in [5.41, 5.74) is 6.65. The van der Waals surface area contributed by atoms with E-state index >= 15 is 0 Å². The highest BCUT2D eigenvalue weighted by Gasteiger charge is 2.29. The Balaban J connectivity index is 2.20. The fourth-order valence-corrected chi connectivity index (χ4v) is 1.57. The second-order valence-corrected chi connectivity index (χ2v) is 3.58. The molecule has 3 nitrogen and oxygen atoms in total. The van der Waals surface area contributed by atoms with Gasteiger partial charge in [0, 0.05) is 25.3 Å². The predicted octanol–water partition coefficient (Wildman–Crippen LogP) is 1.62. The van der Waals surface area contributed by atoms with E-state index in [-0.39, 0.29) is 0 Å². The molecule has 0 saturated heterocycles. The first-order valence-corrected chi connectivity index (χ1v) is 5.03. The summed E-state index contributed by atoms with van der Waals surface area (Å²) in [6.45, 7) is 2.73. The topological polar surface area (TPSA) is 52.0 Å². The standard InChI is InChI=1S/C10H16N2O/c1-2-8-10(7-3-4-7)12-9(13-8)5-6-11/h7H,2-6,11H2,1H3. The minimum atomic E-state index is 0.619. The van der Waals surface area contributed by atoms with Crippen molar-refractivity contribution in [3.63, 3.8) is 0 Å². The molecule has 0 radical (unpaired) electrons. The minimum absolute atomic E-state index is 0.619. The molecule has 2 rings (SSSR count). The summed E-state index contributed by atoms with van der Waals surface area (Å²) in [6.07, 6.45) is 4.27. The first-order valence-electron chi connectivity index (χ1n) is 5.03. The molecule has 0 unspecified atom stereocenters. The van der Waals surface area contributed by atoms with Gasteiger partial charge in [-0.3, -0.25) is 0 Å². The molecule has 1 aromatic heterocycles. The zero-order valence-electron chi connectivity index (χ0n) is 8.05. The van der Waals surface area contributed by atoms with E-state index < -0.39 is 0 Å². The average Bonchev–Trinajstić information content (AvgIpc) is 2.89. The Hall–Kier alpha value is -0.830. The van der Waals surface area contributed by atoms with Gasteiger partial charge in [-0.1, -0.05) is 6.92 Å². The number of aromatic nitrogens is 1. The minimum Gasteiger partial charge on any atom is -0.445 e. The summed E-state index contributed by atoms with van der Waals surface area (Å²) in [5, 5.41) is 0. The summed E-state index contributed by atoms with van der Waals surface area (Å²) < 4.78 is 5.61. The summed E-state index contributed by atoms with van der Waals surface area (Å²) in [7, 11) is 0. The van der Waals surface area contributed by atoms with Crippen LogP contribution < -0.4 is 5.73 Å². The number of oxazole rings is 1. The maximum absolute atomic E-state index is 5.61. The third kappa shape index (κ3) is 1.75. The van der Waals surface area contributed by atoms with E-state index in [0.717, 1.165) is 24.5 Å². The SMILES string of the molecule is CCc1oc(CCN)nc1C1CC1. The lowest BCUT2D eigenvalue weighted by Gasteiger charge is -1.91. The predicted molar refractivity (Wildman–Crippen MR) is 50.6 cm³/mol. The maximum atomic E-state index is 5.61. The van der Waals surface area contributed by atoms with Gasteiger partial charge in [0.2, 0.25) is 0 Å². The van der Waals surface area contributed by atoms with Crippen LogP contribution in [0.4, 0.5) is 0 Å². The van der Waals surface area contributed by atoms with Crippen LogP contribution in [-0.2, 0) is 12.8 Å². The Morgan fingerprint density at radius 1 is 1.54 bits per heavy atom. The third-order valence-corrected chi connectivity index (χ3v) is 2.42. The van der Waals surface area contributed by atoms with Gasteiger partial charge >= 0.3 is 0 Å². The van der Waals surface area contributed by atoms with Gasteiger partial charge in [0.1, 0.15) is 5.76 Å². The average molecular weight is 180 g/mol. The second-order valence-electron chi connectivity index (χ2n) is 3.58. The van der Waals surface area contributed by atoms with Gasteiger partial charge in [0.25, 0.3) is 0 Å². The monoisotopic (exact) mass is 180 g/mol. The highest BCUT2D eigenvalue weighted by Crippen LogP contribution is 2.41. The van der Waals surface area contributed by atoms with Crippen molar-refractivity contribution in [1.82, 2.24) is 4.98 Å². The van der Waals surface area contributed by atoms with E-state index in [1.54, 1.807) is 0 Å². The number of nitrogens with zero attached hydrogens (tertiary/aromatic N) is 1. The zero-order chi connectivity index (χ0) is 9.26. The van der Waals surface area contributed by atoms with Crippen LogP contribution in [0.3, 0.4) is 0 Å². The van der Waals surface area contributed by atoms with Crippen molar-refractivity contribution >= 4 is 0 Å². The molecule has 0 aliphatic heterocycles. The number of aryl methyl sites for hydroxylation is 1. The molecule has 0 bridgehead atoms. The maximum Gasteiger partial charge on any atom is 0.195 e. The molecule has 0 amide bonds. The van der Waals surface area contributed by atoms with Gasteiger partial charge in [-0.15, -0.1) is 0 Å². The van der Waals surface area contributed by atoms with Crippen molar-refractivity contribution in [3.05, 3.63) is 17.3 Å². The van der Waals surface area contributed by atoms with Crippen LogP contribution in [0.1, 0.15) is 43.0 Å². The third-order valence-electron chi connectivity index (χ3n) is 2.42. The quantitative estimate of drug-likeness (QED) is 0.766. The molecule has 2 N–H and O–H groups in total. The first-order chi connectivity index (χ1) is 6.35. The number of nitrogens with two attached hydrogens (primary N) is 1. The fourth-order valence-electron chi connectivity index (χ4n) is 1.57. The largest absolute Gasteiger partial charge is 0.445 e. The lowest BCUT2D eigenvalue weighted by molar-refractivity contribution is 0.458. The van der Waals surface area contributed by atoms with E-state index in [4.69, 9.17) is 10.2 Å². The lowest BCUT2D eigenvalue weighted by Crippen LogP contribution is -2.02. The van der Waals surface area contributed by atoms with Gasteiger partial charge in [-0.2, -0.15) is 0 Å². The van der Waals surface area contributed by atoms with Crippen molar-refractivity contribution < 1.29 is 4.42 Å². The van der Waals surface area contributed by atoms with Crippen molar-refractivity contribution in [3.8, 4) is 0 Å². The molecule has 13 heavy (non-hydrogen) atoms. The molecule has 0 spiro atoms. The van der Waals surface area contributed by atoms with Gasteiger partial charge in [0.05, 0.1) is 5.69 Å². The molecule has 3 heteroatoms. The highest BCUT2D eigenvalue weighted by molar-refractivity contribution is 5.20. The van der Waals surface area contributed by atoms with Gasteiger partial charge < -0.3 is 10.2 Å². The number of rotatable bonds is 4. The van der Waals surface area contributed by atoms with Crippen molar-refractivity contribution in [2.75, 3.05) is 6.54 Å². The van der Waals surface area contributed by atoms with E-state index in [9.17, 15) is 0 Å². The van der Waals surface area contributed by atoms with Crippen LogP contribution in [0.25, 0.3) is 0 Å². The molecule has 0 atom stereocenters. The molecule has 1 fully saturated rings. The molecule has 0 aromatic carbocycles. The Bertz CT molecular complexity index is 289. The lowest BCUT2D eigenvalue weighted by atomic mass is 10.2. The molecule has 72 valence electrons. The summed E-state index contributed by atoms with van der Waals surface area (Å²) in [6, 6.07) is 0. The van der Waals surface area contributed by atoms with Crippen molar-refractivity contribution in [2.45, 2.75) is 38.5 Å². The van der Waals surface area contributed by atoms with E-state index in [0.29, 0.717) is 12.5 Å². The Kier molecular flexibility index (Phi) is 2.36. The summed E-state index contributed by atoms with van der Waals surface area (Å²) in [4.78, 5) is 4.49. The van der Waals surface area contributed by atoms with Gasteiger partial charge in [-0.05, 0) is 12.8 Å². The van der Waals surface area contributed by atoms with Gasteiger partial charge in [-0.25, -0.2) is 4.98 Å². The Morgan fingerprint density at radius 2 is 2.31 bits per heavy atom. The van der Waals surface area contributed by atoms with Crippen LogP contribution in [-0.4, -0.2) is 11.5 Å². The van der Waals surface area contributed by atoms with Crippen molar-refractivity contribution in [2.24, 2.45) is 5.73 Å². The smallest absolute Gasteiger partial charge is 0.195 e. The van der Waals surface area contributed by atoms with Gasteiger partial charge in [0.15, 0.2) is 5.89 Å². The van der Waals surface area contributed by atoms with Crippen LogP contribution in [0.2, 0.25) is 0 Å². The molecular weight excluding hydrogens is 164 g/mol. The summed E-state index contributed by atoms with van der Waals surface area (Å²) in [5.74, 6) is 2.58. The van der Waals surface area contributed by atoms with E-state index in [1.807, 2.05) is 0 Å². The van der Waals surface area contributed by atoms with Crippen LogP contribution in [0.15, 0.2) is 4.42 Å². The first kappa shape index (κ1) is 8.75. The second kappa shape index (κ2) is 3.50. The van der Waals surface area contributed by atoms with Crippen LogP contribution >= 0.6 is 0 Å². The molecule has 1 aliphatic rings. The Morgan fingerprint density at radius 3 is 2.85 bits per heavy atom. The highest BCUT2D eigenvalue weighted by atomic mass is 16.4. The zero-order valence-corrected chi connectivity index (χ0v) is 8.05. The molecular formula is C10H16N2O. The van der Waals surface area contributed by atoms with E-state index in [2.05, 4.69) is 11.9 Å². The van der Waals surface area contributed by atoms with E-state index in [1.165, 1.54) is 18.5 Å². The summed E-state index contributed by atoms with van der Waals surface area (Å²) >= 11 is 0. The molecule has 1 aliphatic carbocycles. The Labute approximate surface area is 78.3 Å². The van der Waals surface area contributed by atoms with Crippen molar-refractivity contribution in [1.29, 1.82) is 0 Å².